The summed E-state index contributed by atoms with van der Waals surface area (Å²) in [5, 5.41) is 5.26. The molecule has 6 heteroatoms. The predicted octanol–water partition coefficient (Wildman–Crippen LogP) is 3.48. The molecule has 1 fully saturated rings. The number of carbonyl (C=O) groups excluding carboxylic acids is 1. The number of rotatable bonds is 6. The number of pyridine rings is 1. The third-order valence-corrected chi connectivity index (χ3v) is 7.38. The van der Waals surface area contributed by atoms with Crippen molar-refractivity contribution in [2.75, 3.05) is 26.7 Å². The summed E-state index contributed by atoms with van der Waals surface area (Å²) in [5.74, 6) is 0.103. The fraction of sp³-hybridized carbons (Fsp3) is 0.565. The molecule has 156 valence electrons. The molecule has 0 radical (unpaired) electrons. The highest BCUT2D eigenvalue weighted by atomic mass is 32.1. The number of aromatic nitrogens is 1. The Morgan fingerprint density at radius 1 is 1.31 bits per heavy atom. The SMILES string of the molecule is CCc1ccc(CN2CCc3c(C(=O)NC[C@H]4CCCCN4C)csc3C2)nc1. The van der Waals surface area contributed by atoms with Gasteiger partial charge < -0.3 is 10.2 Å². The monoisotopic (exact) mass is 412 g/mol. The van der Waals surface area contributed by atoms with E-state index in [2.05, 4.69) is 51.6 Å². The van der Waals surface area contributed by atoms with Crippen molar-refractivity contribution in [3.8, 4) is 0 Å². The minimum atomic E-state index is 0.103. The molecular formula is C23H32N4OS. The maximum absolute atomic E-state index is 12.8. The van der Waals surface area contributed by atoms with Crippen LogP contribution in [0.3, 0.4) is 0 Å². The summed E-state index contributed by atoms with van der Waals surface area (Å²) < 4.78 is 0. The Morgan fingerprint density at radius 2 is 2.21 bits per heavy atom. The molecule has 0 saturated carbocycles. The number of likely N-dealkylation sites (tertiary alicyclic amines) is 1. The fourth-order valence-electron chi connectivity index (χ4n) is 4.40. The summed E-state index contributed by atoms with van der Waals surface area (Å²) in [6.45, 7) is 6.81. The van der Waals surface area contributed by atoms with Crippen LogP contribution in [0.1, 0.15) is 58.2 Å². The minimum Gasteiger partial charge on any atom is -0.350 e. The maximum atomic E-state index is 12.8. The number of aryl methyl sites for hydroxylation is 1. The number of nitrogens with zero attached hydrogens (tertiary/aromatic N) is 3. The van der Waals surface area contributed by atoms with E-state index in [0.717, 1.165) is 56.8 Å². The van der Waals surface area contributed by atoms with Gasteiger partial charge in [-0.1, -0.05) is 19.4 Å². The van der Waals surface area contributed by atoms with Gasteiger partial charge in [0.1, 0.15) is 0 Å². The molecule has 2 aromatic rings. The second kappa shape index (κ2) is 9.37. The van der Waals surface area contributed by atoms with Gasteiger partial charge in [-0.05, 0) is 56.5 Å². The van der Waals surface area contributed by atoms with Crippen LogP contribution in [0.25, 0.3) is 0 Å². The van der Waals surface area contributed by atoms with Crippen LogP contribution in [0.5, 0.6) is 0 Å². The lowest BCUT2D eigenvalue weighted by molar-refractivity contribution is 0.0927. The van der Waals surface area contributed by atoms with E-state index in [1.807, 2.05) is 6.20 Å². The molecule has 0 aliphatic carbocycles. The van der Waals surface area contributed by atoms with Gasteiger partial charge in [0.05, 0.1) is 11.3 Å². The van der Waals surface area contributed by atoms with Crippen LogP contribution in [0.2, 0.25) is 0 Å². The van der Waals surface area contributed by atoms with E-state index in [1.165, 1.54) is 35.3 Å². The standard InChI is InChI=1S/C23H32N4OS/c1-3-17-7-8-18(24-12-17)14-27-11-9-20-21(16-29-22(20)15-27)23(28)25-13-19-6-4-5-10-26(19)2/h7-8,12,16,19H,3-6,9-11,13-15H2,1-2H3,(H,25,28)/t19-/m1/s1. The molecule has 2 aromatic heterocycles. The molecular weight excluding hydrogens is 380 g/mol. The molecule has 1 N–H and O–H groups in total. The number of piperidine rings is 1. The molecule has 4 heterocycles. The predicted molar refractivity (Wildman–Crippen MR) is 118 cm³/mol. The molecule has 0 aromatic carbocycles. The Labute approximate surface area is 178 Å². The average Bonchev–Trinajstić information content (AvgIpc) is 3.17. The van der Waals surface area contributed by atoms with Gasteiger partial charge in [-0.25, -0.2) is 0 Å². The molecule has 0 unspecified atom stereocenters. The van der Waals surface area contributed by atoms with Crippen molar-refractivity contribution in [1.82, 2.24) is 20.1 Å². The molecule has 1 saturated heterocycles. The third kappa shape index (κ3) is 4.87. The molecule has 1 amide bonds. The van der Waals surface area contributed by atoms with E-state index in [1.54, 1.807) is 11.3 Å². The second-order valence-electron chi connectivity index (χ2n) is 8.36. The lowest BCUT2D eigenvalue weighted by Gasteiger charge is -2.32. The Kier molecular flexibility index (Phi) is 6.63. The summed E-state index contributed by atoms with van der Waals surface area (Å²) in [4.78, 5) is 23.6. The lowest BCUT2D eigenvalue weighted by atomic mass is 10.0. The van der Waals surface area contributed by atoms with Crippen LogP contribution in [-0.4, -0.2) is 53.4 Å². The van der Waals surface area contributed by atoms with Crippen molar-refractivity contribution in [2.24, 2.45) is 0 Å². The van der Waals surface area contributed by atoms with Gasteiger partial charge in [0.15, 0.2) is 0 Å². The van der Waals surface area contributed by atoms with Gasteiger partial charge in [-0.2, -0.15) is 0 Å². The zero-order valence-electron chi connectivity index (χ0n) is 17.6. The molecule has 0 bridgehead atoms. The second-order valence-corrected chi connectivity index (χ2v) is 9.33. The van der Waals surface area contributed by atoms with Crippen molar-refractivity contribution in [2.45, 2.75) is 58.2 Å². The van der Waals surface area contributed by atoms with Crippen LogP contribution in [-0.2, 0) is 25.9 Å². The first-order valence-corrected chi connectivity index (χ1v) is 11.8. The van der Waals surface area contributed by atoms with Crippen molar-refractivity contribution in [3.63, 3.8) is 0 Å². The van der Waals surface area contributed by atoms with Crippen LogP contribution in [0, 0.1) is 0 Å². The average molecular weight is 413 g/mol. The molecule has 1 atom stereocenters. The molecule has 0 spiro atoms. The normalized spacial score (nSPS) is 20.4. The van der Waals surface area contributed by atoms with Crippen molar-refractivity contribution in [3.05, 3.63) is 51.0 Å². The summed E-state index contributed by atoms with van der Waals surface area (Å²) in [7, 11) is 2.17. The smallest absolute Gasteiger partial charge is 0.252 e. The largest absolute Gasteiger partial charge is 0.350 e. The van der Waals surface area contributed by atoms with Gasteiger partial charge in [-0.15, -0.1) is 11.3 Å². The first-order valence-electron chi connectivity index (χ1n) is 10.9. The number of likely N-dealkylation sites (N-methyl/N-ethyl adjacent to an activating group) is 1. The summed E-state index contributed by atoms with van der Waals surface area (Å²) in [6, 6.07) is 4.79. The number of hydrogen-bond donors (Lipinski definition) is 1. The lowest BCUT2D eigenvalue weighted by Crippen LogP contribution is -2.44. The summed E-state index contributed by atoms with van der Waals surface area (Å²) in [6.07, 6.45) is 7.68. The number of hydrogen-bond acceptors (Lipinski definition) is 5. The number of amides is 1. The van der Waals surface area contributed by atoms with E-state index in [-0.39, 0.29) is 5.91 Å². The molecule has 5 nitrogen and oxygen atoms in total. The first-order chi connectivity index (χ1) is 14.1. The van der Waals surface area contributed by atoms with Crippen LogP contribution < -0.4 is 5.32 Å². The molecule has 2 aliphatic rings. The summed E-state index contributed by atoms with van der Waals surface area (Å²) in [5.41, 5.74) is 4.56. The van der Waals surface area contributed by atoms with E-state index in [4.69, 9.17) is 0 Å². The van der Waals surface area contributed by atoms with E-state index in [9.17, 15) is 4.79 Å². The van der Waals surface area contributed by atoms with E-state index < -0.39 is 0 Å². The first kappa shape index (κ1) is 20.5. The topological polar surface area (TPSA) is 48.5 Å². The molecule has 4 rings (SSSR count). The van der Waals surface area contributed by atoms with Crippen LogP contribution >= 0.6 is 11.3 Å². The van der Waals surface area contributed by atoms with Gasteiger partial charge >= 0.3 is 0 Å². The van der Waals surface area contributed by atoms with Crippen molar-refractivity contribution >= 4 is 17.2 Å². The fourth-order valence-corrected chi connectivity index (χ4v) is 5.52. The highest BCUT2D eigenvalue weighted by molar-refractivity contribution is 7.10. The number of carbonyl (C=O) groups is 1. The van der Waals surface area contributed by atoms with E-state index in [0.29, 0.717) is 6.04 Å². The van der Waals surface area contributed by atoms with Gasteiger partial charge in [-0.3, -0.25) is 14.7 Å². The zero-order chi connectivity index (χ0) is 20.2. The minimum absolute atomic E-state index is 0.103. The Hall–Kier alpha value is -1.76. The highest BCUT2D eigenvalue weighted by Crippen LogP contribution is 2.29. The Bertz CT molecular complexity index is 832. The molecule has 2 aliphatic heterocycles. The number of thiophene rings is 1. The number of nitrogens with one attached hydrogen (secondary N) is 1. The maximum Gasteiger partial charge on any atom is 0.252 e. The number of fused-ring (bicyclic) bond motifs is 1. The van der Waals surface area contributed by atoms with Crippen molar-refractivity contribution in [1.29, 1.82) is 0 Å². The Morgan fingerprint density at radius 3 is 2.97 bits per heavy atom. The zero-order valence-corrected chi connectivity index (χ0v) is 18.4. The quantitative estimate of drug-likeness (QED) is 0.789. The van der Waals surface area contributed by atoms with Gasteiger partial charge in [0, 0.05) is 48.7 Å². The van der Waals surface area contributed by atoms with Crippen LogP contribution in [0.4, 0.5) is 0 Å². The van der Waals surface area contributed by atoms with Crippen LogP contribution in [0.15, 0.2) is 23.7 Å². The summed E-state index contributed by atoms with van der Waals surface area (Å²) >= 11 is 1.73. The third-order valence-electron chi connectivity index (χ3n) is 6.37. The van der Waals surface area contributed by atoms with Gasteiger partial charge in [0.2, 0.25) is 0 Å². The van der Waals surface area contributed by atoms with E-state index >= 15 is 0 Å². The van der Waals surface area contributed by atoms with Crippen molar-refractivity contribution < 1.29 is 4.79 Å². The Balaban J connectivity index is 1.34. The van der Waals surface area contributed by atoms with Gasteiger partial charge in [0.25, 0.3) is 5.91 Å². The molecule has 29 heavy (non-hydrogen) atoms. The highest BCUT2D eigenvalue weighted by Gasteiger charge is 2.25.